The van der Waals surface area contributed by atoms with Crippen molar-refractivity contribution in [2.75, 3.05) is 13.7 Å². The number of ether oxygens (including phenoxy) is 1. The highest BCUT2D eigenvalue weighted by Crippen LogP contribution is 2.35. The summed E-state index contributed by atoms with van der Waals surface area (Å²) in [5, 5.41) is 3.10. The van der Waals surface area contributed by atoms with Crippen molar-refractivity contribution in [3.05, 3.63) is 60.2 Å². The Kier molecular flexibility index (Phi) is 11.8. The second-order valence-corrected chi connectivity index (χ2v) is 11.7. The number of rotatable bonds is 12. The number of hydrogen-bond acceptors (Lipinski definition) is 4. The van der Waals surface area contributed by atoms with Crippen LogP contribution in [0.3, 0.4) is 0 Å². The summed E-state index contributed by atoms with van der Waals surface area (Å²) in [6.45, 7) is 21.5. The first kappa shape index (κ1) is 32.1. The van der Waals surface area contributed by atoms with Crippen LogP contribution in [0.5, 0.6) is 0 Å². The zero-order valence-corrected chi connectivity index (χ0v) is 24.6. The molecule has 206 valence electrons. The van der Waals surface area contributed by atoms with Crippen molar-refractivity contribution in [3.63, 3.8) is 0 Å². The van der Waals surface area contributed by atoms with Crippen LogP contribution in [0.2, 0.25) is 0 Å². The Labute approximate surface area is 224 Å². The normalized spacial score (nSPS) is 14.9. The SMILES string of the molecule is C=CCC(C(=O)N[C@H](C(=O)N(C)[C@H](/C=C(\C)C(=O)OCC)C(C)C)C(C)(C)C)C(C)(C)c1ccccc1. The van der Waals surface area contributed by atoms with Crippen molar-refractivity contribution in [2.24, 2.45) is 17.3 Å². The molecule has 0 aromatic heterocycles. The van der Waals surface area contributed by atoms with Gasteiger partial charge >= 0.3 is 5.97 Å². The molecule has 6 heteroatoms. The summed E-state index contributed by atoms with van der Waals surface area (Å²) in [7, 11) is 1.72. The van der Waals surface area contributed by atoms with E-state index in [-0.39, 0.29) is 30.4 Å². The molecule has 37 heavy (non-hydrogen) atoms. The second-order valence-electron chi connectivity index (χ2n) is 11.7. The van der Waals surface area contributed by atoms with E-state index in [1.165, 1.54) is 0 Å². The molecule has 0 aliphatic carbocycles. The smallest absolute Gasteiger partial charge is 0.333 e. The predicted molar refractivity (Wildman–Crippen MR) is 151 cm³/mol. The van der Waals surface area contributed by atoms with E-state index in [0.717, 1.165) is 5.56 Å². The van der Waals surface area contributed by atoms with Gasteiger partial charge in [0.1, 0.15) is 6.04 Å². The van der Waals surface area contributed by atoms with Crippen molar-refractivity contribution < 1.29 is 19.1 Å². The molecule has 1 unspecified atom stereocenters. The van der Waals surface area contributed by atoms with Crippen LogP contribution in [0.4, 0.5) is 0 Å². The average Bonchev–Trinajstić information content (AvgIpc) is 2.82. The highest BCUT2D eigenvalue weighted by atomic mass is 16.5. The molecule has 1 aromatic rings. The van der Waals surface area contributed by atoms with E-state index >= 15 is 0 Å². The Morgan fingerprint density at radius 1 is 1.08 bits per heavy atom. The summed E-state index contributed by atoms with van der Waals surface area (Å²) in [5.41, 5.74) is 0.481. The third-order valence-corrected chi connectivity index (χ3v) is 7.00. The Morgan fingerprint density at radius 3 is 2.11 bits per heavy atom. The minimum atomic E-state index is -0.763. The highest BCUT2D eigenvalue weighted by molar-refractivity contribution is 5.91. The number of nitrogens with zero attached hydrogens (tertiary/aromatic N) is 1. The monoisotopic (exact) mass is 512 g/mol. The van der Waals surface area contributed by atoms with Gasteiger partial charge in [0.15, 0.2) is 0 Å². The van der Waals surface area contributed by atoms with Gasteiger partial charge in [-0.1, -0.05) is 91.0 Å². The molecule has 0 heterocycles. The lowest BCUT2D eigenvalue weighted by molar-refractivity contribution is -0.141. The topological polar surface area (TPSA) is 75.7 Å². The van der Waals surface area contributed by atoms with Gasteiger partial charge in [-0.15, -0.1) is 6.58 Å². The van der Waals surface area contributed by atoms with Crippen molar-refractivity contribution in [1.82, 2.24) is 10.2 Å². The molecular formula is C31H48N2O4. The maximum absolute atomic E-state index is 13.9. The van der Waals surface area contributed by atoms with Gasteiger partial charge in [-0.3, -0.25) is 9.59 Å². The molecule has 6 nitrogen and oxygen atoms in total. The van der Waals surface area contributed by atoms with Crippen LogP contribution in [0.1, 0.15) is 74.3 Å². The van der Waals surface area contributed by atoms with Crippen LogP contribution in [0, 0.1) is 17.3 Å². The molecule has 0 saturated heterocycles. The van der Waals surface area contributed by atoms with Crippen LogP contribution in [-0.4, -0.2) is 48.4 Å². The minimum Gasteiger partial charge on any atom is -0.463 e. The van der Waals surface area contributed by atoms with Crippen molar-refractivity contribution >= 4 is 17.8 Å². The first-order chi connectivity index (χ1) is 17.1. The van der Waals surface area contributed by atoms with Gasteiger partial charge in [0, 0.05) is 18.0 Å². The largest absolute Gasteiger partial charge is 0.463 e. The van der Waals surface area contributed by atoms with Crippen molar-refractivity contribution in [3.8, 4) is 0 Å². The molecule has 2 amide bonds. The number of likely N-dealkylation sites (N-methyl/N-ethyl adjacent to an activating group) is 1. The summed E-state index contributed by atoms with van der Waals surface area (Å²) in [5.74, 6) is -1.16. The van der Waals surface area contributed by atoms with Crippen LogP contribution < -0.4 is 5.32 Å². The lowest BCUT2D eigenvalue weighted by atomic mass is 9.71. The van der Waals surface area contributed by atoms with Gasteiger partial charge in [-0.25, -0.2) is 4.79 Å². The molecule has 1 rings (SSSR count). The molecule has 1 N–H and O–H groups in total. The first-order valence-corrected chi connectivity index (χ1v) is 13.2. The van der Waals surface area contributed by atoms with Crippen molar-refractivity contribution in [1.29, 1.82) is 0 Å². The number of carbonyl (C=O) groups excluding carboxylic acids is 3. The van der Waals surface area contributed by atoms with E-state index in [0.29, 0.717) is 12.0 Å². The fraction of sp³-hybridized carbons (Fsp3) is 0.581. The first-order valence-electron chi connectivity index (χ1n) is 13.2. The number of esters is 1. The molecule has 0 aliphatic heterocycles. The fourth-order valence-electron chi connectivity index (χ4n) is 4.53. The van der Waals surface area contributed by atoms with Gasteiger partial charge in [0.2, 0.25) is 11.8 Å². The molecule has 1 aromatic carbocycles. The van der Waals surface area contributed by atoms with Gasteiger partial charge in [0.05, 0.1) is 18.6 Å². The van der Waals surface area contributed by atoms with E-state index in [1.54, 1.807) is 37.9 Å². The van der Waals surface area contributed by atoms with E-state index in [4.69, 9.17) is 4.74 Å². The van der Waals surface area contributed by atoms with Crippen molar-refractivity contribution in [2.45, 2.75) is 86.2 Å². The maximum Gasteiger partial charge on any atom is 0.333 e. The maximum atomic E-state index is 13.9. The second kappa shape index (κ2) is 13.6. The number of hydrogen-bond donors (Lipinski definition) is 1. The number of allylic oxidation sites excluding steroid dienone is 1. The van der Waals surface area contributed by atoms with Crippen LogP contribution in [-0.2, 0) is 24.5 Å². The third kappa shape index (κ3) is 8.58. The van der Waals surface area contributed by atoms with Gasteiger partial charge in [0.25, 0.3) is 0 Å². The third-order valence-electron chi connectivity index (χ3n) is 7.00. The Morgan fingerprint density at radius 2 is 1.65 bits per heavy atom. The molecule has 0 bridgehead atoms. The zero-order valence-electron chi connectivity index (χ0n) is 24.6. The molecule has 0 saturated carbocycles. The lowest BCUT2D eigenvalue weighted by Gasteiger charge is -2.40. The van der Waals surface area contributed by atoms with Crippen LogP contribution >= 0.6 is 0 Å². The van der Waals surface area contributed by atoms with Crippen LogP contribution in [0.15, 0.2) is 54.6 Å². The quantitative estimate of drug-likeness (QED) is 0.222. The Bertz CT molecular complexity index is 957. The molecule has 0 fully saturated rings. The summed E-state index contributed by atoms with van der Waals surface area (Å²) >= 11 is 0. The predicted octanol–water partition coefficient (Wildman–Crippen LogP) is 5.68. The molecule has 0 radical (unpaired) electrons. The summed E-state index contributed by atoms with van der Waals surface area (Å²) in [4.78, 5) is 41.5. The number of benzene rings is 1. The Balaban J connectivity index is 3.34. The van der Waals surface area contributed by atoms with E-state index in [2.05, 4.69) is 11.9 Å². The summed E-state index contributed by atoms with van der Waals surface area (Å²) in [6.07, 6.45) is 4.01. The zero-order chi connectivity index (χ0) is 28.6. The highest BCUT2D eigenvalue weighted by Gasteiger charge is 2.41. The molecular weight excluding hydrogens is 464 g/mol. The Hall–Kier alpha value is -2.89. The molecule has 0 spiro atoms. The molecule has 0 aliphatic rings. The summed E-state index contributed by atoms with van der Waals surface area (Å²) in [6, 6.07) is 8.83. The fourth-order valence-corrected chi connectivity index (χ4v) is 4.53. The van der Waals surface area contributed by atoms with E-state index < -0.39 is 28.8 Å². The number of nitrogens with one attached hydrogen (secondary N) is 1. The average molecular weight is 513 g/mol. The standard InChI is InChI=1S/C31H48N2O4/c1-12-17-24(31(9,10)23-18-15-14-16-19-23)27(34)32-26(30(6,7)8)28(35)33(11)25(21(3)4)20-22(5)29(36)37-13-2/h12,14-16,18-21,24-26H,1,13,17H2,2-11H3,(H,32,34)/b22-20+/t24?,25-,26-/m1/s1. The van der Waals surface area contributed by atoms with E-state index in [1.807, 2.05) is 78.8 Å². The lowest BCUT2D eigenvalue weighted by Crippen LogP contribution is -2.58. The summed E-state index contributed by atoms with van der Waals surface area (Å²) < 4.78 is 5.12. The van der Waals surface area contributed by atoms with Crippen LogP contribution in [0.25, 0.3) is 0 Å². The van der Waals surface area contributed by atoms with E-state index in [9.17, 15) is 14.4 Å². The van der Waals surface area contributed by atoms with Gasteiger partial charge < -0.3 is 15.0 Å². The minimum absolute atomic E-state index is 0.0418. The molecule has 3 atom stereocenters. The number of amides is 2. The number of carbonyl (C=O) groups is 3. The van der Waals surface area contributed by atoms with Gasteiger partial charge in [-0.05, 0) is 37.2 Å². The van der Waals surface area contributed by atoms with Gasteiger partial charge in [-0.2, -0.15) is 0 Å².